The minimum absolute atomic E-state index is 0.0509. The van der Waals surface area contributed by atoms with E-state index in [4.69, 9.17) is 0 Å². The third kappa shape index (κ3) is 3.26. The summed E-state index contributed by atoms with van der Waals surface area (Å²) in [6.07, 6.45) is 0. The third-order valence-electron chi connectivity index (χ3n) is 3.95. The summed E-state index contributed by atoms with van der Waals surface area (Å²) in [5.41, 5.74) is 0.854. The Labute approximate surface area is 144 Å². The van der Waals surface area contributed by atoms with Crippen LogP contribution < -0.4 is 5.56 Å². The smallest absolute Gasteiger partial charge is 0.264 e. The van der Waals surface area contributed by atoms with Gasteiger partial charge in [-0.1, -0.05) is 24.3 Å². The maximum atomic E-state index is 12.9. The number of hydrogen-bond donors (Lipinski definition) is 1. The van der Waals surface area contributed by atoms with Gasteiger partial charge in [0.2, 0.25) is 0 Å². The van der Waals surface area contributed by atoms with Crippen LogP contribution in [0.3, 0.4) is 0 Å². The second-order valence-corrected chi connectivity index (χ2v) is 7.70. The maximum absolute atomic E-state index is 12.9. The molecule has 0 saturated heterocycles. The standard InChI is InChI=1S/C19H20N2O2S/c1-19(2,3)21(18(23)16-9-6-10-24-16)12-14-11-13-7-4-5-8-15(13)20-17(14)22/h4-11H,12H2,1-3H3,(H,20,22). The second kappa shape index (κ2) is 6.24. The van der Waals surface area contributed by atoms with Crippen molar-refractivity contribution in [2.45, 2.75) is 32.9 Å². The molecular weight excluding hydrogens is 320 g/mol. The zero-order valence-corrected chi connectivity index (χ0v) is 14.8. The van der Waals surface area contributed by atoms with Crippen LogP contribution in [0.5, 0.6) is 0 Å². The van der Waals surface area contributed by atoms with Gasteiger partial charge in [-0.15, -0.1) is 11.3 Å². The van der Waals surface area contributed by atoms with E-state index in [1.54, 1.807) is 4.90 Å². The maximum Gasteiger partial charge on any atom is 0.264 e. The molecule has 3 aromatic rings. The van der Waals surface area contributed by atoms with Crippen molar-refractivity contribution in [1.29, 1.82) is 0 Å². The van der Waals surface area contributed by atoms with E-state index in [0.717, 1.165) is 10.9 Å². The SMILES string of the molecule is CC(C)(C)N(Cc1cc2ccccc2[nH]c1=O)C(=O)c1cccs1. The Bertz CT molecular complexity index is 920. The van der Waals surface area contributed by atoms with Gasteiger partial charge in [0.1, 0.15) is 0 Å². The first-order valence-corrected chi connectivity index (χ1v) is 8.70. The molecule has 1 aromatic carbocycles. The summed E-state index contributed by atoms with van der Waals surface area (Å²) in [5, 5.41) is 2.85. The number of para-hydroxylation sites is 1. The molecule has 5 heteroatoms. The molecule has 0 unspecified atom stereocenters. The second-order valence-electron chi connectivity index (χ2n) is 6.75. The van der Waals surface area contributed by atoms with Crippen molar-refractivity contribution < 1.29 is 4.79 Å². The van der Waals surface area contributed by atoms with Crippen LogP contribution in [0.4, 0.5) is 0 Å². The van der Waals surface area contributed by atoms with Gasteiger partial charge in [-0.3, -0.25) is 9.59 Å². The molecule has 24 heavy (non-hydrogen) atoms. The number of thiophene rings is 1. The molecule has 4 nitrogen and oxygen atoms in total. The number of pyridine rings is 1. The van der Waals surface area contributed by atoms with E-state index in [9.17, 15) is 9.59 Å². The van der Waals surface area contributed by atoms with Crippen LogP contribution in [-0.2, 0) is 6.54 Å². The molecule has 3 rings (SSSR count). The minimum atomic E-state index is -0.390. The molecule has 0 spiro atoms. The molecule has 1 amide bonds. The van der Waals surface area contributed by atoms with Gasteiger partial charge < -0.3 is 9.88 Å². The van der Waals surface area contributed by atoms with Crippen molar-refractivity contribution in [2.75, 3.05) is 0 Å². The Balaban J connectivity index is 2.00. The molecule has 0 saturated carbocycles. The van der Waals surface area contributed by atoms with Gasteiger partial charge >= 0.3 is 0 Å². The fourth-order valence-electron chi connectivity index (χ4n) is 2.63. The summed E-state index contributed by atoms with van der Waals surface area (Å²) < 4.78 is 0. The van der Waals surface area contributed by atoms with Crippen LogP contribution in [0.2, 0.25) is 0 Å². The number of benzene rings is 1. The van der Waals surface area contributed by atoms with E-state index >= 15 is 0 Å². The average molecular weight is 340 g/mol. The number of carbonyl (C=O) groups is 1. The first-order chi connectivity index (χ1) is 11.4. The Hall–Kier alpha value is -2.40. The lowest BCUT2D eigenvalue weighted by Crippen LogP contribution is -2.45. The van der Waals surface area contributed by atoms with Gasteiger partial charge in [0.05, 0.1) is 11.4 Å². The van der Waals surface area contributed by atoms with Crippen molar-refractivity contribution >= 4 is 28.1 Å². The van der Waals surface area contributed by atoms with Gasteiger partial charge in [-0.2, -0.15) is 0 Å². The van der Waals surface area contributed by atoms with E-state index in [1.165, 1.54) is 11.3 Å². The molecule has 2 heterocycles. The number of rotatable bonds is 3. The molecule has 0 fully saturated rings. The Morgan fingerprint density at radius 2 is 1.92 bits per heavy atom. The van der Waals surface area contributed by atoms with Crippen molar-refractivity contribution in [2.24, 2.45) is 0 Å². The van der Waals surface area contributed by atoms with Gasteiger partial charge in [-0.25, -0.2) is 0 Å². The van der Waals surface area contributed by atoms with E-state index in [0.29, 0.717) is 10.4 Å². The third-order valence-corrected chi connectivity index (χ3v) is 4.80. The van der Waals surface area contributed by atoms with E-state index < -0.39 is 0 Å². The fourth-order valence-corrected chi connectivity index (χ4v) is 3.30. The lowest BCUT2D eigenvalue weighted by molar-refractivity contribution is 0.0563. The summed E-state index contributed by atoms with van der Waals surface area (Å²) in [4.78, 5) is 30.6. The van der Waals surface area contributed by atoms with Crippen molar-refractivity contribution in [3.63, 3.8) is 0 Å². The number of H-pyrrole nitrogens is 1. The Morgan fingerprint density at radius 1 is 1.17 bits per heavy atom. The fraction of sp³-hybridized carbons (Fsp3) is 0.263. The molecule has 0 radical (unpaired) electrons. The minimum Gasteiger partial charge on any atom is -0.329 e. The number of carbonyl (C=O) groups excluding carboxylic acids is 1. The number of amides is 1. The lowest BCUT2D eigenvalue weighted by Gasteiger charge is -2.35. The first kappa shape index (κ1) is 16.5. The Morgan fingerprint density at radius 3 is 2.58 bits per heavy atom. The number of hydrogen-bond acceptors (Lipinski definition) is 3. The molecule has 124 valence electrons. The van der Waals surface area contributed by atoms with E-state index in [2.05, 4.69) is 4.98 Å². The van der Waals surface area contributed by atoms with Gasteiger partial charge in [0.15, 0.2) is 0 Å². The zero-order chi connectivity index (χ0) is 17.3. The Kier molecular flexibility index (Phi) is 4.28. The normalized spacial score (nSPS) is 11.6. The van der Waals surface area contributed by atoms with Crippen molar-refractivity contribution in [3.8, 4) is 0 Å². The molecular formula is C19H20N2O2S. The molecule has 2 aromatic heterocycles. The lowest BCUT2D eigenvalue weighted by atomic mass is 10.0. The highest BCUT2D eigenvalue weighted by Gasteiger charge is 2.28. The number of aromatic nitrogens is 1. The van der Waals surface area contributed by atoms with Crippen molar-refractivity contribution in [1.82, 2.24) is 9.88 Å². The largest absolute Gasteiger partial charge is 0.329 e. The highest BCUT2D eigenvalue weighted by molar-refractivity contribution is 7.12. The highest BCUT2D eigenvalue weighted by Crippen LogP contribution is 2.22. The molecule has 0 bridgehead atoms. The van der Waals surface area contributed by atoms with Gasteiger partial charge in [0.25, 0.3) is 11.5 Å². The van der Waals surface area contributed by atoms with Crippen LogP contribution >= 0.6 is 11.3 Å². The molecule has 0 atom stereocenters. The zero-order valence-electron chi connectivity index (χ0n) is 14.0. The molecule has 1 N–H and O–H groups in total. The summed E-state index contributed by atoms with van der Waals surface area (Å²) in [6, 6.07) is 13.2. The number of nitrogens with zero attached hydrogens (tertiary/aromatic N) is 1. The quantitative estimate of drug-likeness (QED) is 0.782. The summed E-state index contributed by atoms with van der Waals surface area (Å²) in [5.74, 6) is -0.0509. The van der Waals surface area contributed by atoms with Crippen LogP contribution in [0.1, 0.15) is 36.0 Å². The molecule has 0 aliphatic heterocycles. The number of aromatic amines is 1. The number of fused-ring (bicyclic) bond motifs is 1. The van der Waals surface area contributed by atoms with Crippen LogP contribution in [0.25, 0.3) is 10.9 Å². The summed E-state index contributed by atoms with van der Waals surface area (Å²) >= 11 is 1.42. The van der Waals surface area contributed by atoms with E-state index in [1.807, 2.05) is 68.6 Å². The summed E-state index contributed by atoms with van der Waals surface area (Å²) in [6.45, 7) is 6.22. The monoisotopic (exact) mass is 340 g/mol. The molecule has 0 aliphatic carbocycles. The first-order valence-electron chi connectivity index (χ1n) is 7.83. The molecule has 0 aliphatic rings. The predicted molar refractivity (Wildman–Crippen MR) is 98.5 cm³/mol. The van der Waals surface area contributed by atoms with E-state index in [-0.39, 0.29) is 23.6 Å². The highest BCUT2D eigenvalue weighted by atomic mass is 32.1. The van der Waals surface area contributed by atoms with Crippen molar-refractivity contribution in [3.05, 3.63) is 68.6 Å². The summed E-state index contributed by atoms with van der Waals surface area (Å²) in [7, 11) is 0. The van der Waals surface area contributed by atoms with Gasteiger partial charge in [0, 0.05) is 16.6 Å². The average Bonchev–Trinajstić information content (AvgIpc) is 3.05. The van der Waals surface area contributed by atoms with Crippen LogP contribution in [-0.4, -0.2) is 21.3 Å². The number of nitrogens with one attached hydrogen (secondary N) is 1. The van der Waals surface area contributed by atoms with Gasteiger partial charge in [-0.05, 0) is 49.7 Å². The predicted octanol–water partition coefficient (Wildman–Crippen LogP) is 4.03. The van der Waals surface area contributed by atoms with Crippen LogP contribution in [0.15, 0.2) is 52.6 Å². The topological polar surface area (TPSA) is 53.2 Å². The van der Waals surface area contributed by atoms with Crippen LogP contribution in [0, 0.1) is 0 Å².